The molecule has 1 aliphatic heterocycles. The largest absolute Gasteiger partial charge is 0.326 e. The van der Waals surface area contributed by atoms with Gasteiger partial charge in [0.25, 0.3) is 0 Å². The number of anilines is 1. The number of aryl methyl sites for hydroxylation is 1. The van der Waals surface area contributed by atoms with Gasteiger partial charge in [-0.1, -0.05) is 29.8 Å². The maximum absolute atomic E-state index is 13.0. The summed E-state index contributed by atoms with van der Waals surface area (Å²) in [4.78, 5) is 13.0. The third-order valence-corrected chi connectivity index (χ3v) is 7.96. The third-order valence-electron chi connectivity index (χ3n) is 6.08. The first kappa shape index (κ1) is 20.6. The van der Waals surface area contributed by atoms with E-state index >= 15 is 0 Å². The predicted octanol–water partition coefficient (Wildman–Crippen LogP) is 3.59. The Balaban J connectivity index is 1.42. The Hall–Kier alpha value is -2.69. The predicted molar refractivity (Wildman–Crippen MR) is 114 cm³/mol. The molecule has 156 valence electrons. The average Bonchev–Trinajstić information content (AvgIpc) is 3.56. The van der Waals surface area contributed by atoms with E-state index in [9.17, 15) is 18.5 Å². The molecule has 1 saturated heterocycles. The van der Waals surface area contributed by atoms with Crippen LogP contribution >= 0.6 is 0 Å². The first-order valence-electron chi connectivity index (χ1n) is 10.2. The van der Waals surface area contributed by atoms with Gasteiger partial charge >= 0.3 is 0 Å². The van der Waals surface area contributed by atoms with Crippen LogP contribution in [0.5, 0.6) is 0 Å². The number of sulfonamides is 1. The van der Waals surface area contributed by atoms with Gasteiger partial charge in [-0.3, -0.25) is 4.79 Å². The molecule has 0 bridgehead atoms. The van der Waals surface area contributed by atoms with E-state index in [1.54, 1.807) is 24.3 Å². The summed E-state index contributed by atoms with van der Waals surface area (Å²) in [6, 6.07) is 16.6. The van der Waals surface area contributed by atoms with Crippen molar-refractivity contribution in [2.24, 2.45) is 5.92 Å². The van der Waals surface area contributed by atoms with Crippen molar-refractivity contribution in [1.29, 1.82) is 5.26 Å². The Morgan fingerprint density at radius 2 is 1.80 bits per heavy atom. The summed E-state index contributed by atoms with van der Waals surface area (Å²) in [7, 11) is -3.61. The lowest BCUT2D eigenvalue weighted by Gasteiger charge is -2.31. The number of benzene rings is 2. The van der Waals surface area contributed by atoms with Crippen LogP contribution in [0.1, 0.15) is 36.8 Å². The summed E-state index contributed by atoms with van der Waals surface area (Å²) >= 11 is 0. The van der Waals surface area contributed by atoms with Crippen molar-refractivity contribution in [3.05, 3.63) is 59.7 Å². The Bertz CT molecular complexity index is 1080. The Morgan fingerprint density at radius 1 is 1.13 bits per heavy atom. The molecule has 7 heteroatoms. The standard InChI is InChI=1S/C23H25N3O3S/c1-17-4-10-21(11-5-17)30(28,29)26-14-2-3-18(15-26)22(27)25-20-8-6-19(7-9-20)23(16-24)12-13-23/h4-11,18H,2-3,12-15H2,1H3,(H,25,27)/t18-/m0/s1. The Morgan fingerprint density at radius 3 is 2.40 bits per heavy atom. The van der Waals surface area contributed by atoms with Gasteiger partial charge in [0, 0.05) is 18.8 Å². The lowest BCUT2D eigenvalue weighted by molar-refractivity contribution is -0.120. The van der Waals surface area contributed by atoms with E-state index in [-0.39, 0.29) is 22.8 Å². The highest BCUT2D eigenvalue weighted by Gasteiger charge is 2.44. The van der Waals surface area contributed by atoms with Gasteiger partial charge in [-0.15, -0.1) is 0 Å². The van der Waals surface area contributed by atoms with Gasteiger partial charge in [0.2, 0.25) is 15.9 Å². The van der Waals surface area contributed by atoms with Crippen LogP contribution in [0.2, 0.25) is 0 Å². The number of nitrogens with zero attached hydrogens (tertiary/aromatic N) is 2. The van der Waals surface area contributed by atoms with Crippen LogP contribution in [-0.2, 0) is 20.2 Å². The number of carbonyl (C=O) groups is 1. The van der Waals surface area contributed by atoms with Crippen molar-refractivity contribution in [3.63, 3.8) is 0 Å². The van der Waals surface area contributed by atoms with Crippen molar-refractivity contribution in [3.8, 4) is 6.07 Å². The third kappa shape index (κ3) is 3.98. The number of nitrogens with one attached hydrogen (secondary N) is 1. The molecule has 2 aliphatic rings. The van der Waals surface area contributed by atoms with Gasteiger partial charge in [-0.2, -0.15) is 9.57 Å². The number of hydrogen-bond acceptors (Lipinski definition) is 4. The fourth-order valence-corrected chi connectivity index (χ4v) is 5.46. The minimum atomic E-state index is -3.61. The van der Waals surface area contributed by atoms with Crippen molar-refractivity contribution in [1.82, 2.24) is 4.31 Å². The van der Waals surface area contributed by atoms with Gasteiger partial charge < -0.3 is 5.32 Å². The highest BCUT2D eigenvalue weighted by Crippen LogP contribution is 2.47. The lowest BCUT2D eigenvalue weighted by Crippen LogP contribution is -2.43. The summed E-state index contributed by atoms with van der Waals surface area (Å²) in [6.45, 7) is 2.51. The second-order valence-corrected chi connectivity index (χ2v) is 10.2. The zero-order chi connectivity index (χ0) is 21.4. The summed E-state index contributed by atoms with van der Waals surface area (Å²) in [5, 5.41) is 12.2. The molecule has 2 aromatic carbocycles. The molecule has 2 fully saturated rings. The second kappa shape index (κ2) is 7.86. The second-order valence-electron chi connectivity index (χ2n) is 8.28. The molecule has 0 radical (unpaired) electrons. The van der Waals surface area contributed by atoms with Crippen molar-refractivity contribution in [2.45, 2.75) is 42.9 Å². The van der Waals surface area contributed by atoms with Gasteiger partial charge in [-0.25, -0.2) is 8.42 Å². The fraction of sp³-hybridized carbons (Fsp3) is 0.391. The molecule has 4 rings (SSSR count). The van der Waals surface area contributed by atoms with Crippen LogP contribution < -0.4 is 5.32 Å². The molecular weight excluding hydrogens is 398 g/mol. The number of nitriles is 1. The number of rotatable bonds is 5. The average molecular weight is 424 g/mol. The first-order chi connectivity index (χ1) is 14.3. The Kier molecular flexibility index (Phi) is 5.39. The monoisotopic (exact) mass is 423 g/mol. The smallest absolute Gasteiger partial charge is 0.243 e. The Labute approximate surface area is 177 Å². The first-order valence-corrected chi connectivity index (χ1v) is 11.7. The van der Waals surface area contributed by atoms with E-state index in [4.69, 9.17) is 0 Å². The molecule has 1 amide bonds. The molecule has 1 aliphatic carbocycles. The maximum Gasteiger partial charge on any atom is 0.243 e. The zero-order valence-electron chi connectivity index (χ0n) is 17.0. The van der Waals surface area contributed by atoms with Crippen molar-refractivity contribution < 1.29 is 13.2 Å². The number of carbonyl (C=O) groups excluding carboxylic acids is 1. The normalized spacial score (nSPS) is 20.9. The van der Waals surface area contributed by atoms with Gasteiger partial charge in [0.1, 0.15) is 0 Å². The topological polar surface area (TPSA) is 90.3 Å². The van der Waals surface area contributed by atoms with Crippen LogP contribution in [0.4, 0.5) is 5.69 Å². The molecule has 2 aromatic rings. The van der Waals surface area contributed by atoms with Crippen LogP contribution in [-0.4, -0.2) is 31.7 Å². The quantitative estimate of drug-likeness (QED) is 0.796. The van der Waals surface area contributed by atoms with E-state index < -0.39 is 15.9 Å². The van der Waals surface area contributed by atoms with Crippen molar-refractivity contribution in [2.75, 3.05) is 18.4 Å². The van der Waals surface area contributed by atoms with Crippen LogP contribution in [0.25, 0.3) is 0 Å². The molecule has 0 unspecified atom stereocenters. The summed E-state index contributed by atoms with van der Waals surface area (Å²) in [6.07, 6.45) is 3.05. The van der Waals surface area contributed by atoms with E-state index in [2.05, 4.69) is 11.4 Å². The minimum Gasteiger partial charge on any atom is -0.326 e. The molecule has 0 aromatic heterocycles. The summed E-state index contributed by atoms with van der Waals surface area (Å²) < 4.78 is 27.3. The SMILES string of the molecule is Cc1ccc(S(=O)(=O)N2CCC[C@H](C(=O)Nc3ccc(C4(C#N)CC4)cc3)C2)cc1. The van der Waals surface area contributed by atoms with E-state index in [0.717, 1.165) is 24.0 Å². The van der Waals surface area contributed by atoms with Crippen LogP contribution in [0, 0.1) is 24.2 Å². The van der Waals surface area contributed by atoms with E-state index in [0.29, 0.717) is 25.1 Å². The molecule has 30 heavy (non-hydrogen) atoms. The molecule has 1 saturated carbocycles. The van der Waals surface area contributed by atoms with Gasteiger partial charge in [0.15, 0.2) is 0 Å². The molecular formula is C23H25N3O3S. The van der Waals surface area contributed by atoms with Crippen LogP contribution in [0.3, 0.4) is 0 Å². The van der Waals surface area contributed by atoms with Gasteiger partial charge in [-0.05, 0) is 62.4 Å². The zero-order valence-corrected chi connectivity index (χ0v) is 17.8. The number of piperidine rings is 1. The highest BCUT2D eigenvalue weighted by atomic mass is 32.2. The number of amides is 1. The van der Waals surface area contributed by atoms with Crippen molar-refractivity contribution >= 4 is 21.6 Å². The molecule has 6 nitrogen and oxygen atoms in total. The molecule has 1 heterocycles. The minimum absolute atomic E-state index is 0.173. The van der Waals surface area contributed by atoms with Crippen LogP contribution in [0.15, 0.2) is 53.4 Å². The van der Waals surface area contributed by atoms with E-state index in [1.807, 2.05) is 31.2 Å². The maximum atomic E-state index is 13.0. The summed E-state index contributed by atoms with van der Waals surface area (Å²) in [5.41, 5.74) is 2.29. The van der Waals surface area contributed by atoms with Gasteiger partial charge in [0.05, 0.1) is 22.3 Å². The summed E-state index contributed by atoms with van der Waals surface area (Å²) in [5.74, 6) is -0.569. The molecule has 0 spiro atoms. The highest BCUT2D eigenvalue weighted by molar-refractivity contribution is 7.89. The van der Waals surface area contributed by atoms with E-state index in [1.165, 1.54) is 4.31 Å². The lowest BCUT2D eigenvalue weighted by atomic mass is 9.97. The fourth-order valence-electron chi connectivity index (χ4n) is 3.94. The molecule has 1 N–H and O–H groups in total. The molecule has 1 atom stereocenters. The number of hydrogen-bond donors (Lipinski definition) is 1.